The molecule has 108 valence electrons. The maximum Gasteiger partial charge on any atom is 0.122 e. The van der Waals surface area contributed by atoms with Gasteiger partial charge in [0.15, 0.2) is 0 Å². The minimum absolute atomic E-state index is 0.642. The van der Waals surface area contributed by atoms with Crippen LogP contribution >= 0.6 is 0 Å². The van der Waals surface area contributed by atoms with Crippen LogP contribution in [-0.4, -0.2) is 32.4 Å². The molecule has 1 aromatic carbocycles. The van der Waals surface area contributed by atoms with Crippen LogP contribution in [0, 0.1) is 0 Å². The predicted molar refractivity (Wildman–Crippen MR) is 76.9 cm³/mol. The Hall–Kier alpha value is -1.26. The molecule has 19 heavy (non-hydrogen) atoms. The summed E-state index contributed by atoms with van der Waals surface area (Å²) in [7, 11) is 3.21. The van der Waals surface area contributed by atoms with E-state index in [0.29, 0.717) is 17.9 Å². The summed E-state index contributed by atoms with van der Waals surface area (Å²) < 4.78 is 10.5. The monoisotopic (exact) mass is 267 g/mol. The van der Waals surface area contributed by atoms with Gasteiger partial charge in [-0.1, -0.05) is 6.92 Å². The minimum atomic E-state index is -0.900. The van der Waals surface area contributed by atoms with Crippen molar-refractivity contribution in [1.82, 2.24) is 5.32 Å². The molecule has 0 aromatic heterocycles. The third-order valence-electron chi connectivity index (χ3n) is 3.19. The van der Waals surface area contributed by atoms with Crippen molar-refractivity contribution in [1.29, 1.82) is 0 Å². The van der Waals surface area contributed by atoms with Crippen molar-refractivity contribution in [3.8, 4) is 11.5 Å². The molecular weight excluding hydrogens is 242 g/mol. The molecule has 0 heterocycles. The normalized spacial score (nSPS) is 13.9. The number of methoxy groups -OCH3 is 2. The quantitative estimate of drug-likeness (QED) is 0.710. The Kier molecular flexibility index (Phi) is 6.12. The van der Waals surface area contributed by atoms with Gasteiger partial charge in [-0.3, -0.25) is 0 Å². The van der Waals surface area contributed by atoms with Gasteiger partial charge in [0.1, 0.15) is 11.5 Å². The summed E-state index contributed by atoms with van der Waals surface area (Å²) in [5.74, 6) is 1.38. The topological polar surface area (TPSA) is 50.7 Å². The number of hydrogen-bond acceptors (Lipinski definition) is 4. The van der Waals surface area contributed by atoms with E-state index in [1.165, 1.54) is 0 Å². The molecule has 0 fully saturated rings. The molecule has 0 saturated carbocycles. The maximum absolute atomic E-state index is 10.6. The molecule has 0 aliphatic carbocycles. The summed E-state index contributed by atoms with van der Waals surface area (Å²) in [6.07, 6.45) is 1.73. The molecule has 0 aliphatic heterocycles. The predicted octanol–water partition coefficient (Wildman–Crippen LogP) is 2.30. The van der Waals surface area contributed by atoms with Crippen LogP contribution in [0.3, 0.4) is 0 Å². The second kappa shape index (κ2) is 7.36. The molecule has 1 aromatic rings. The zero-order valence-electron chi connectivity index (χ0n) is 12.3. The molecule has 2 N–H and O–H groups in total. The SMILES string of the molecule is CCCNCCC(C)(O)c1cc(OC)cc(OC)c1. The van der Waals surface area contributed by atoms with Crippen LogP contribution in [0.15, 0.2) is 18.2 Å². The first-order valence-electron chi connectivity index (χ1n) is 6.70. The number of ether oxygens (including phenoxy) is 2. The highest BCUT2D eigenvalue weighted by molar-refractivity contribution is 5.40. The fourth-order valence-electron chi connectivity index (χ4n) is 1.90. The highest BCUT2D eigenvalue weighted by atomic mass is 16.5. The van der Waals surface area contributed by atoms with E-state index in [-0.39, 0.29) is 0 Å². The lowest BCUT2D eigenvalue weighted by atomic mass is 9.92. The van der Waals surface area contributed by atoms with Gasteiger partial charge in [-0.2, -0.15) is 0 Å². The van der Waals surface area contributed by atoms with Crippen LogP contribution in [0.2, 0.25) is 0 Å². The third-order valence-corrected chi connectivity index (χ3v) is 3.19. The van der Waals surface area contributed by atoms with Gasteiger partial charge >= 0.3 is 0 Å². The van der Waals surface area contributed by atoms with Gasteiger partial charge in [0.05, 0.1) is 19.8 Å². The third kappa shape index (κ3) is 4.73. The van der Waals surface area contributed by atoms with Crippen LogP contribution in [-0.2, 0) is 5.60 Å². The Morgan fingerprint density at radius 1 is 1.11 bits per heavy atom. The number of nitrogens with one attached hydrogen (secondary N) is 1. The summed E-state index contributed by atoms with van der Waals surface area (Å²) in [5, 5.41) is 13.9. The molecular formula is C15H25NO3. The van der Waals surface area contributed by atoms with E-state index in [2.05, 4.69) is 12.2 Å². The summed E-state index contributed by atoms with van der Waals surface area (Å²) >= 11 is 0. The maximum atomic E-state index is 10.6. The Labute approximate surface area is 115 Å². The first kappa shape index (κ1) is 15.8. The fourth-order valence-corrected chi connectivity index (χ4v) is 1.90. The smallest absolute Gasteiger partial charge is 0.122 e. The summed E-state index contributed by atoms with van der Waals surface area (Å²) in [6, 6.07) is 5.50. The van der Waals surface area contributed by atoms with Gasteiger partial charge < -0.3 is 19.9 Å². The van der Waals surface area contributed by atoms with E-state index < -0.39 is 5.60 Å². The second-order valence-electron chi connectivity index (χ2n) is 4.88. The molecule has 0 spiro atoms. The fraction of sp³-hybridized carbons (Fsp3) is 0.600. The number of hydrogen-bond donors (Lipinski definition) is 2. The van der Waals surface area contributed by atoms with Gasteiger partial charge in [-0.15, -0.1) is 0 Å². The number of benzene rings is 1. The molecule has 1 rings (SSSR count). The highest BCUT2D eigenvalue weighted by Crippen LogP contribution is 2.31. The van der Waals surface area contributed by atoms with Crippen LogP contribution < -0.4 is 14.8 Å². The van der Waals surface area contributed by atoms with Crippen molar-refractivity contribution in [3.63, 3.8) is 0 Å². The Morgan fingerprint density at radius 2 is 1.68 bits per heavy atom. The Morgan fingerprint density at radius 3 is 2.16 bits per heavy atom. The van der Waals surface area contributed by atoms with Crippen LogP contribution in [0.1, 0.15) is 32.3 Å². The average Bonchev–Trinajstić information content (AvgIpc) is 2.43. The molecule has 0 aliphatic rings. The van der Waals surface area contributed by atoms with Gasteiger partial charge in [-0.25, -0.2) is 0 Å². The van der Waals surface area contributed by atoms with Crippen molar-refractivity contribution in [3.05, 3.63) is 23.8 Å². The number of aliphatic hydroxyl groups is 1. The molecule has 0 radical (unpaired) electrons. The molecule has 1 unspecified atom stereocenters. The van der Waals surface area contributed by atoms with Crippen molar-refractivity contribution < 1.29 is 14.6 Å². The highest BCUT2D eigenvalue weighted by Gasteiger charge is 2.24. The Balaban J connectivity index is 2.80. The van der Waals surface area contributed by atoms with Crippen molar-refractivity contribution >= 4 is 0 Å². The summed E-state index contributed by atoms with van der Waals surface area (Å²) in [4.78, 5) is 0. The van der Waals surface area contributed by atoms with Gasteiger partial charge in [-0.05, 0) is 50.6 Å². The number of rotatable bonds is 8. The van der Waals surface area contributed by atoms with Gasteiger partial charge in [0.25, 0.3) is 0 Å². The first-order chi connectivity index (χ1) is 9.03. The zero-order chi connectivity index (χ0) is 14.3. The second-order valence-corrected chi connectivity index (χ2v) is 4.88. The van der Waals surface area contributed by atoms with E-state index in [1.807, 2.05) is 19.1 Å². The van der Waals surface area contributed by atoms with E-state index in [0.717, 1.165) is 25.1 Å². The molecule has 0 saturated heterocycles. The largest absolute Gasteiger partial charge is 0.497 e. The van der Waals surface area contributed by atoms with Crippen LogP contribution in [0.4, 0.5) is 0 Å². The van der Waals surface area contributed by atoms with Crippen LogP contribution in [0.5, 0.6) is 11.5 Å². The molecule has 1 atom stereocenters. The van der Waals surface area contributed by atoms with Crippen molar-refractivity contribution in [2.45, 2.75) is 32.3 Å². The minimum Gasteiger partial charge on any atom is -0.497 e. The van der Waals surface area contributed by atoms with E-state index in [9.17, 15) is 5.11 Å². The molecule has 0 amide bonds. The Bertz CT molecular complexity index is 369. The van der Waals surface area contributed by atoms with Crippen LogP contribution in [0.25, 0.3) is 0 Å². The summed E-state index contributed by atoms with van der Waals surface area (Å²) in [6.45, 7) is 5.69. The van der Waals surface area contributed by atoms with Gasteiger partial charge in [0.2, 0.25) is 0 Å². The zero-order valence-corrected chi connectivity index (χ0v) is 12.3. The van der Waals surface area contributed by atoms with E-state index >= 15 is 0 Å². The standard InChI is InChI=1S/C15H25NO3/c1-5-7-16-8-6-15(2,17)12-9-13(18-3)11-14(10-12)19-4/h9-11,16-17H,5-8H2,1-4H3. The van der Waals surface area contributed by atoms with Crippen molar-refractivity contribution in [2.75, 3.05) is 27.3 Å². The molecule has 4 heteroatoms. The van der Waals surface area contributed by atoms with Crippen molar-refractivity contribution in [2.24, 2.45) is 0 Å². The lowest BCUT2D eigenvalue weighted by Crippen LogP contribution is -2.28. The summed E-state index contributed by atoms with van der Waals surface area (Å²) in [5.41, 5.74) is -0.0928. The molecule has 0 bridgehead atoms. The van der Waals surface area contributed by atoms with E-state index in [1.54, 1.807) is 20.3 Å². The molecule has 4 nitrogen and oxygen atoms in total. The van der Waals surface area contributed by atoms with Gasteiger partial charge in [0, 0.05) is 6.07 Å². The lowest BCUT2D eigenvalue weighted by Gasteiger charge is -2.25. The lowest BCUT2D eigenvalue weighted by molar-refractivity contribution is 0.0476. The average molecular weight is 267 g/mol. The van der Waals surface area contributed by atoms with E-state index in [4.69, 9.17) is 9.47 Å². The first-order valence-corrected chi connectivity index (χ1v) is 6.70.